The van der Waals surface area contributed by atoms with Gasteiger partial charge < -0.3 is 5.73 Å². The van der Waals surface area contributed by atoms with Crippen LogP contribution in [0.3, 0.4) is 0 Å². The summed E-state index contributed by atoms with van der Waals surface area (Å²) in [6.07, 6.45) is 4.50. The SMILES string of the molecule is CCSC1C(C)=C=C1CC(=C(C)C)C(N)CC(C)(CC)CC. The molecule has 0 spiro atoms. The van der Waals surface area contributed by atoms with Crippen molar-refractivity contribution in [3.05, 3.63) is 28.0 Å². The first-order valence-corrected chi connectivity index (χ1v) is 9.82. The van der Waals surface area contributed by atoms with Crippen molar-refractivity contribution in [2.24, 2.45) is 11.1 Å². The molecule has 22 heavy (non-hydrogen) atoms. The fraction of sp³-hybridized carbons (Fsp3) is 0.750. The molecular weight excluding hydrogens is 286 g/mol. The first-order chi connectivity index (χ1) is 10.3. The van der Waals surface area contributed by atoms with Crippen molar-refractivity contribution in [3.8, 4) is 0 Å². The summed E-state index contributed by atoms with van der Waals surface area (Å²) in [7, 11) is 0. The number of hydrogen-bond donors (Lipinski definition) is 1. The van der Waals surface area contributed by atoms with Crippen LogP contribution in [0.5, 0.6) is 0 Å². The minimum absolute atomic E-state index is 0.178. The molecule has 0 aliphatic heterocycles. The molecule has 1 rings (SSSR count). The van der Waals surface area contributed by atoms with Crippen LogP contribution >= 0.6 is 11.8 Å². The van der Waals surface area contributed by atoms with Gasteiger partial charge in [0.15, 0.2) is 0 Å². The molecule has 0 saturated heterocycles. The van der Waals surface area contributed by atoms with Gasteiger partial charge in [0, 0.05) is 12.5 Å². The topological polar surface area (TPSA) is 26.0 Å². The van der Waals surface area contributed by atoms with E-state index in [1.165, 1.54) is 35.1 Å². The number of nitrogens with two attached hydrogens (primary N) is 1. The Morgan fingerprint density at radius 1 is 1.27 bits per heavy atom. The second kappa shape index (κ2) is 8.43. The smallest absolute Gasteiger partial charge is 0.0615 e. The van der Waals surface area contributed by atoms with Crippen molar-refractivity contribution in [2.75, 3.05) is 5.75 Å². The van der Waals surface area contributed by atoms with Crippen LogP contribution in [0.15, 0.2) is 28.0 Å². The fourth-order valence-corrected chi connectivity index (χ4v) is 4.16. The number of allylic oxidation sites excluding steroid dienone is 1. The van der Waals surface area contributed by atoms with Crippen LogP contribution in [-0.2, 0) is 0 Å². The lowest BCUT2D eigenvalue weighted by Crippen LogP contribution is -2.32. The molecule has 0 aromatic carbocycles. The van der Waals surface area contributed by atoms with Gasteiger partial charge in [0.2, 0.25) is 0 Å². The predicted molar refractivity (Wildman–Crippen MR) is 102 cm³/mol. The van der Waals surface area contributed by atoms with Gasteiger partial charge in [0.1, 0.15) is 0 Å². The van der Waals surface area contributed by atoms with Gasteiger partial charge in [-0.1, -0.05) is 51.7 Å². The molecule has 126 valence electrons. The van der Waals surface area contributed by atoms with Gasteiger partial charge in [0.05, 0.1) is 5.25 Å². The highest BCUT2D eigenvalue weighted by atomic mass is 32.2. The molecule has 2 heteroatoms. The first kappa shape index (κ1) is 19.6. The summed E-state index contributed by atoms with van der Waals surface area (Å²) in [5.74, 6) is 1.16. The number of rotatable bonds is 9. The Morgan fingerprint density at radius 2 is 1.86 bits per heavy atom. The van der Waals surface area contributed by atoms with Gasteiger partial charge in [-0.15, -0.1) is 17.5 Å². The molecule has 0 fully saturated rings. The molecule has 2 unspecified atom stereocenters. The largest absolute Gasteiger partial charge is 0.324 e. The Kier molecular flexibility index (Phi) is 7.52. The van der Waals surface area contributed by atoms with Gasteiger partial charge in [-0.2, -0.15) is 0 Å². The standard InChI is InChI=1S/C20H35NS/c1-8-20(7,9-2)13-18(21)17(14(4)5)12-16-11-15(6)19(16)22-10-3/h18-19H,8-10,12-13,21H2,1-7H3. The molecule has 0 aromatic rings. The Morgan fingerprint density at radius 3 is 2.27 bits per heavy atom. The van der Waals surface area contributed by atoms with Gasteiger partial charge in [-0.05, 0) is 49.5 Å². The van der Waals surface area contributed by atoms with E-state index in [2.05, 4.69) is 54.2 Å². The highest BCUT2D eigenvalue weighted by molar-refractivity contribution is 8.00. The summed E-state index contributed by atoms with van der Waals surface area (Å²) in [4.78, 5) is 0. The number of thioether (sulfide) groups is 1. The van der Waals surface area contributed by atoms with E-state index in [-0.39, 0.29) is 6.04 Å². The van der Waals surface area contributed by atoms with Crippen molar-refractivity contribution < 1.29 is 0 Å². The van der Waals surface area contributed by atoms with E-state index in [1.54, 1.807) is 0 Å². The summed E-state index contributed by atoms with van der Waals surface area (Å²) < 4.78 is 0. The third-order valence-corrected chi connectivity index (χ3v) is 6.60. The molecule has 1 aliphatic carbocycles. The van der Waals surface area contributed by atoms with E-state index in [1.807, 2.05) is 11.8 Å². The van der Waals surface area contributed by atoms with Crippen LogP contribution in [0.1, 0.15) is 74.1 Å². The quantitative estimate of drug-likeness (QED) is 0.425. The molecular formula is C20H35NS. The maximum Gasteiger partial charge on any atom is 0.0615 e. The minimum atomic E-state index is 0.178. The maximum absolute atomic E-state index is 6.62. The fourth-order valence-electron chi connectivity index (χ4n) is 3.17. The Balaban J connectivity index is 2.85. The second-order valence-electron chi connectivity index (χ2n) is 7.20. The molecule has 2 N–H and O–H groups in total. The minimum Gasteiger partial charge on any atom is -0.324 e. The van der Waals surface area contributed by atoms with Crippen LogP contribution in [-0.4, -0.2) is 17.0 Å². The summed E-state index contributed by atoms with van der Waals surface area (Å²) in [5, 5.41) is 0.579. The van der Waals surface area contributed by atoms with Crippen LogP contribution in [0.4, 0.5) is 0 Å². The zero-order chi connectivity index (χ0) is 16.9. The Bertz CT molecular complexity index is 472. The van der Waals surface area contributed by atoms with Crippen LogP contribution < -0.4 is 5.73 Å². The van der Waals surface area contributed by atoms with E-state index in [9.17, 15) is 0 Å². The Hall–Kier alpha value is -0.430. The van der Waals surface area contributed by atoms with Gasteiger partial charge >= 0.3 is 0 Å². The highest BCUT2D eigenvalue weighted by Crippen LogP contribution is 2.38. The molecule has 0 amide bonds. The average Bonchev–Trinajstić information content (AvgIpc) is 2.48. The molecule has 0 saturated carbocycles. The van der Waals surface area contributed by atoms with Crippen molar-refractivity contribution in [1.29, 1.82) is 0 Å². The predicted octanol–water partition coefficient (Wildman–Crippen LogP) is 5.86. The van der Waals surface area contributed by atoms with E-state index in [0.29, 0.717) is 10.7 Å². The Labute approximate surface area is 142 Å². The zero-order valence-corrected chi connectivity index (χ0v) is 16.5. The summed E-state index contributed by atoms with van der Waals surface area (Å²) in [6, 6.07) is 0.178. The van der Waals surface area contributed by atoms with Gasteiger partial charge in [-0.3, -0.25) is 0 Å². The molecule has 0 aromatic heterocycles. The lowest BCUT2D eigenvalue weighted by molar-refractivity contribution is 0.258. The average molecular weight is 322 g/mol. The molecule has 0 radical (unpaired) electrons. The van der Waals surface area contributed by atoms with Crippen LogP contribution in [0, 0.1) is 5.41 Å². The second-order valence-corrected chi connectivity index (χ2v) is 8.58. The molecule has 1 nitrogen and oxygen atoms in total. The molecule has 0 bridgehead atoms. The van der Waals surface area contributed by atoms with Crippen molar-refractivity contribution >= 4 is 11.8 Å². The highest BCUT2D eigenvalue weighted by Gasteiger charge is 2.29. The maximum atomic E-state index is 6.62. The molecule has 0 heterocycles. The molecule has 2 atom stereocenters. The first-order valence-electron chi connectivity index (χ1n) is 8.77. The lowest BCUT2D eigenvalue weighted by atomic mass is 9.76. The van der Waals surface area contributed by atoms with Crippen molar-refractivity contribution in [3.63, 3.8) is 0 Å². The third kappa shape index (κ3) is 4.78. The summed E-state index contributed by atoms with van der Waals surface area (Å²) in [6.45, 7) is 15.8. The van der Waals surface area contributed by atoms with Gasteiger partial charge in [-0.25, -0.2) is 0 Å². The zero-order valence-electron chi connectivity index (χ0n) is 15.7. The molecule has 1 aliphatic rings. The lowest BCUT2D eigenvalue weighted by Gasteiger charge is -2.33. The normalized spacial score (nSPS) is 19.2. The van der Waals surface area contributed by atoms with Gasteiger partial charge in [0.25, 0.3) is 0 Å². The summed E-state index contributed by atoms with van der Waals surface area (Å²) >= 11 is 2.02. The van der Waals surface area contributed by atoms with E-state index in [0.717, 1.165) is 18.6 Å². The van der Waals surface area contributed by atoms with E-state index >= 15 is 0 Å². The number of hydrogen-bond acceptors (Lipinski definition) is 2. The summed E-state index contributed by atoms with van der Waals surface area (Å²) in [5.41, 5.74) is 16.2. The van der Waals surface area contributed by atoms with Crippen LogP contribution in [0.25, 0.3) is 0 Å². The van der Waals surface area contributed by atoms with E-state index < -0.39 is 0 Å². The monoisotopic (exact) mass is 321 g/mol. The van der Waals surface area contributed by atoms with Crippen molar-refractivity contribution in [1.82, 2.24) is 0 Å². The van der Waals surface area contributed by atoms with E-state index in [4.69, 9.17) is 5.73 Å². The third-order valence-electron chi connectivity index (χ3n) is 5.29. The van der Waals surface area contributed by atoms with Crippen molar-refractivity contribution in [2.45, 2.75) is 85.4 Å². The van der Waals surface area contributed by atoms with Crippen LogP contribution in [0.2, 0.25) is 0 Å².